The van der Waals surface area contributed by atoms with Crippen LogP contribution in [0.25, 0.3) is 0 Å². The van der Waals surface area contributed by atoms with Gasteiger partial charge in [0.25, 0.3) is 5.69 Å². The lowest BCUT2D eigenvalue weighted by molar-refractivity contribution is -0.386. The SMILES string of the molecule is CC(C)(C)[C@@H](OCc1cn([C@H]2CC(O)[C@@H](CO)O2)c(=O)nc1N)c1ccc(I)cc1[N+](=O)[O-]. The van der Waals surface area contributed by atoms with Crippen molar-refractivity contribution in [3.63, 3.8) is 0 Å². The van der Waals surface area contributed by atoms with Crippen LogP contribution in [0.2, 0.25) is 0 Å². The number of hydrogen-bond donors (Lipinski definition) is 3. The number of nitrogen functional groups attached to an aromatic ring is 1. The number of halogens is 1. The molecule has 33 heavy (non-hydrogen) atoms. The predicted octanol–water partition coefficient (Wildman–Crippen LogP) is 2.28. The van der Waals surface area contributed by atoms with Gasteiger partial charge in [-0.05, 0) is 40.1 Å². The topological polar surface area (TPSA) is 163 Å². The Kier molecular flexibility index (Phi) is 7.73. The average Bonchev–Trinajstić information content (AvgIpc) is 3.09. The summed E-state index contributed by atoms with van der Waals surface area (Å²) in [5.74, 6) is -0.0294. The maximum absolute atomic E-state index is 12.4. The lowest BCUT2D eigenvalue weighted by atomic mass is 9.84. The Morgan fingerprint density at radius 2 is 2.15 bits per heavy atom. The van der Waals surface area contributed by atoms with E-state index < -0.39 is 40.6 Å². The highest BCUT2D eigenvalue weighted by atomic mass is 127. The van der Waals surface area contributed by atoms with Crippen LogP contribution < -0.4 is 11.4 Å². The summed E-state index contributed by atoms with van der Waals surface area (Å²) in [5, 5.41) is 31.0. The molecule has 12 heteroatoms. The van der Waals surface area contributed by atoms with Crippen LogP contribution in [0.3, 0.4) is 0 Å². The van der Waals surface area contributed by atoms with E-state index in [0.717, 1.165) is 3.57 Å². The fourth-order valence-electron chi connectivity index (χ4n) is 3.77. The number of rotatable bonds is 7. The molecule has 1 aromatic heterocycles. The standard InChI is InChI=1S/C21H27IN4O7/c1-21(2,3)18(13-5-4-12(22)6-14(13)26(30)31)32-10-11-8-25(20(29)24-19(11)23)17-7-15(28)16(9-27)33-17/h4-6,8,15-18,27-28H,7,9-10H2,1-3H3,(H2,23,24,29)/t15?,16-,17-,18+/m1/s1. The molecule has 4 atom stereocenters. The zero-order valence-electron chi connectivity index (χ0n) is 18.5. The molecule has 11 nitrogen and oxygen atoms in total. The Morgan fingerprint density at radius 1 is 1.45 bits per heavy atom. The lowest BCUT2D eigenvalue weighted by Gasteiger charge is -2.31. The molecule has 1 aliphatic rings. The fourth-order valence-corrected chi connectivity index (χ4v) is 4.24. The first-order valence-electron chi connectivity index (χ1n) is 10.3. The molecule has 1 fully saturated rings. The number of nitrogens with zero attached hydrogens (tertiary/aromatic N) is 3. The minimum absolute atomic E-state index is 0.0294. The molecule has 2 heterocycles. The molecule has 0 radical (unpaired) electrons. The highest BCUT2D eigenvalue weighted by Crippen LogP contribution is 2.41. The van der Waals surface area contributed by atoms with Crippen LogP contribution >= 0.6 is 22.6 Å². The van der Waals surface area contributed by atoms with Gasteiger partial charge in [0.05, 0.1) is 35.9 Å². The summed E-state index contributed by atoms with van der Waals surface area (Å²) in [5.41, 5.74) is 5.58. The number of aromatic nitrogens is 2. The van der Waals surface area contributed by atoms with Crippen molar-refractivity contribution in [2.45, 2.75) is 58.3 Å². The Hall–Kier alpha value is -2.13. The van der Waals surface area contributed by atoms with Crippen LogP contribution in [0.1, 0.15) is 50.7 Å². The first-order chi connectivity index (χ1) is 15.4. The molecule has 3 rings (SSSR count). The molecule has 0 spiro atoms. The van der Waals surface area contributed by atoms with Gasteiger partial charge in [0.2, 0.25) is 0 Å². The van der Waals surface area contributed by atoms with Gasteiger partial charge in [-0.1, -0.05) is 20.8 Å². The van der Waals surface area contributed by atoms with E-state index in [0.29, 0.717) is 11.1 Å². The minimum atomic E-state index is -0.921. The van der Waals surface area contributed by atoms with Crippen molar-refractivity contribution in [3.8, 4) is 0 Å². The second kappa shape index (κ2) is 10.0. The van der Waals surface area contributed by atoms with Crippen LogP contribution in [0.5, 0.6) is 0 Å². The van der Waals surface area contributed by atoms with Crippen LogP contribution in [-0.4, -0.2) is 43.5 Å². The molecule has 0 bridgehead atoms. The third-order valence-corrected chi connectivity index (χ3v) is 6.09. The summed E-state index contributed by atoms with van der Waals surface area (Å²) in [6.45, 7) is 5.27. The Labute approximate surface area is 203 Å². The lowest BCUT2D eigenvalue weighted by Crippen LogP contribution is -2.29. The molecule has 0 aliphatic carbocycles. The Morgan fingerprint density at radius 3 is 2.73 bits per heavy atom. The molecule has 1 aromatic carbocycles. The van der Waals surface area contributed by atoms with Crippen LogP contribution in [0, 0.1) is 19.1 Å². The minimum Gasteiger partial charge on any atom is -0.394 e. The van der Waals surface area contributed by atoms with Crippen LogP contribution in [0.15, 0.2) is 29.2 Å². The Balaban J connectivity index is 1.91. The molecule has 4 N–H and O–H groups in total. The zero-order chi connectivity index (χ0) is 24.5. The van der Waals surface area contributed by atoms with Gasteiger partial charge in [-0.15, -0.1) is 0 Å². The monoisotopic (exact) mass is 574 g/mol. The number of benzene rings is 1. The van der Waals surface area contributed by atoms with Crippen molar-refractivity contribution < 1.29 is 24.6 Å². The number of nitrogens with two attached hydrogens (primary N) is 1. The van der Waals surface area contributed by atoms with Crippen molar-refractivity contribution in [3.05, 3.63) is 59.7 Å². The predicted molar refractivity (Wildman–Crippen MR) is 127 cm³/mol. The highest BCUT2D eigenvalue weighted by molar-refractivity contribution is 14.1. The van der Waals surface area contributed by atoms with Crippen LogP contribution in [0.4, 0.5) is 11.5 Å². The van der Waals surface area contributed by atoms with E-state index in [4.69, 9.17) is 15.2 Å². The van der Waals surface area contributed by atoms with E-state index in [1.807, 2.05) is 43.4 Å². The van der Waals surface area contributed by atoms with Gasteiger partial charge in [0.1, 0.15) is 18.1 Å². The third-order valence-electron chi connectivity index (χ3n) is 5.42. The number of nitro groups is 1. The van der Waals surface area contributed by atoms with Gasteiger partial charge in [-0.2, -0.15) is 4.98 Å². The van der Waals surface area contributed by atoms with Crippen molar-refractivity contribution in [1.82, 2.24) is 9.55 Å². The summed E-state index contributed by atoms with van der Waals surface area (Å²) in [4.78, 5) is 27.5. The van der Waals surface area contributed by atoms with E-state index in [1.54, 1.807) is 12.1 Å². The number of nitro benzene ring substituents is 1. The summed E-state index contributed by atoms with van der Waals surface area (Å²) < 4.78 is 13.6. The van der Waals surface area contributed by atoms with Gasteiger partial charge in [-0.25, -0.2) is 4.79 Å². The number of hydrogen-bond acceptors (Lipinski definition) is 9. The van der Waals surface area contributed by atoms with E-state index >= 15 is 0 Å². The molecule has 1 aliphatic heterocycles. The second-order valence-corrected chi connectivity index (χ2v) is 10.2. The first-order valence-corrected chi connectivity index (χ1v) is 11.4. The van der Waals surface area contributed by atoms with Gasteiger partial charge in [0, 0.05) is 27.8 Å². The molecule has 0 saturated carbocycles. The Bertz CT molecular complexity index is 1090. The smallest absolute Gasteiger partial charge is 0.351 e. The molecule has 1 saturated heterocycles. The summed E-state index contributed by atoms with van der Waals surface area (Å²) in [6, 6.07) is 4.96. The van der Waals surface area contributed by atoms with Gasteiger partial charge < -0.3 is 25.4 Å². The molecule has 0 amide bonds. The summed E-state index contributed by atoms with van der Waals surface area (Å²) in [6.07, 6.45) is -1.63. The molecule has 2 aromatic rings. The average molecular weight is 574 g/mol. The largest absolute Gasteiger partial charge is 0.394 e. The molecule has 180 valence electrons. The number of ether oxygens (including phenoxy) is 2. The van der Waals surface area contributed by atoms with Crippen molar-refractivity contribution >= 4 is 34.1 Å². The second-order valence-electron chi connectivity index (χ2n) is 8.97. The summed E-state index contributed by atoms with van der Waals surface area (Å²) in [7, 11) is 0. The first kappa shape index (κ1) is 25.5. The highest BCUT2D eigenvalue weighted by Gasteiger charge is 2.36. The maximum atomic E-state index is 12.4. The zero-order valence-corrected chi connectivity index (χ0v) is 20.6. The fraction of sp³-hybridized carbons (Fsp3) is 0.524. The van der Waals surface area contributed by atoms with Crippen molar-refractivity contribution in [1.29, 1.82) is 0 Å². The quantitative estimate of drug-likeness (QED) is 0.256. The normalized spacial score (nSPS) is 21.8. The summed E-state index contributed by atoms with van der Waals surface area (Å²) >= 11 is 2.02. The number of aliphatic hydroxyl groups excluding tert-OH is 2. The van der Waals surface area contributed by atoms with Gasteiger partial charge in [0.15, 0.2) is 0 Å². The van der Waals surface area contributed by atoms with E-state index in [1.165, 1.54) is 16.8 Å². The molecular weight excluding hydrogens is 547 g/mol. The third kappa shape index (κ3) is 5.69. The van der Waals surface area contributed by atoms with E-state index in [-0.39, 0.29) is 31.1 Å². The van der Waals surface area contributed by atoms with Gasteiger partial charge >= 0.3 is 5.69 Å². The maximum Gasteiger partial charge on any atom is 0.351 e. The number of aliphatic hydroxyl groups is 2. The number of anilines is 1. The van der Waals surface area contributed by atoms with E-state index in [9.17, 15) is 25.1 Å². The van der Waals surface area contributed by atoms with Gasteiger partial charge in [-0.3, -0.25) is 14.7 Å². The molecule has 1 unspecified atom stereocenters. The van der Waals surface area contributed by atoms with E-state index in [2.05, 4.69) is 4.98 Å². The molecular formula is C21H27IN4O7. The van der Waals surface area contributed by atoms with Crippen LogP contribution in [-0.2, 0) is 16.1 Å². The van der Waals surface area contributed by atoms with Crippen molar-refractivity contribution in [2.75, 3.05) is 12.3 Å². The van der Waals surface area contributed by atoms with Crippen molar-refractivity contribution in [2.24, 2.45) is 5.41 Å².